The van der Waals surface area contributed by atoms with Crippen molar-refractivity contribution < 1.29 is 4.79 Å². The number of hydrogen-bond acceptors (Lipinski definition) is 3. The molecule has 1 aromatic heterocycles. The molecule has 154 valence electrons. The van der Waals surface area contributed by atoms with Crippen molar-refractivity contribution in [3.05, 3.63) is 58.3 Å². The first kappa shape index (κ1) is 21.5. The smallest absolute Gasteiger partial charge is 0.222 e. The van der Waals surface area contributed by atoms with Crippen LogP contribution in [0.15, 0.2) is 47.3 Å². The van der Waals surface area contributed by atoms with Crippen LogP contribution in [0.1, 0.15) is 57.9 Å². The van der Waals surface area contributed by atoms with Gasteiger partial charge >= 0.3 is 0 Å². The van der Waals surface area contributed by atoms with E-state index in [9.17, 15) is 9.59 Å². The molecular weight excluding hydrogens is 378 g/mol. The topological polar surface area (TPSA) is 37.4 Å². The summed E-state index contributed by atoms with van der Waals surface area (Å²) in [7, 11) is 0. The molecule has 3 nitrogen and oxygen atoms in total. The molecule has 0 aliphatic rings. The van der Waals surface area contributed by atoms with Gasteiger partial charge in [-0.25, -0.2) is 0 Å². The fraction of sp³-hybridized carbons (Fsp3) is 0.440. The van der Waals surface area contributed by atoms with E-state index < -0.39 is 0 Å². The number of benzene rings is 2. The summed E-state index contributed by atoms with van der Waals surface area (Å²) in [5, 5.41) is 1.59. The Morgan fingerprint density at radius 1 is 0.897 bits per heavy atom. The third-order valence-corrected chi connectivity index (χ3v) is 6.56. The van der Waals surface area contributed by atoms with E-state index >= 15 is 0 Å². The first-order chi connectivity index (χ1) is 14.1. The Labute approximate surface area is 177 Å². The summed E-state index contributed by atoms with van der Waals surface area (Å²) >= 11 is 1.66. The molecule has 0 aliphatic heterocycles. The zero-order chi connectivity index (χ0) is 20.6. The van der Waals surface area contributed by atoms with Gasteiger partial charge in [0.1, 0.15) is 0 Å². The zero-order valence-electron chi connectivity index (χ0n) is 17.6. The van der Waals surface area contributed by atoms with Crippen molar-refractivity contribution in [2.75, 3.05) is 13.1 Å². The maximum Gasteiger partial charge on any atom is 0.222 e. The number of amides is 1. The van der Waals surface area contributed by atoms with E-state index in [0.29, 0.717) is 6.42 Å². The van der Waals surface area contributed by atoms with Crippen molar-refractivity contribution in [1.82, 2.24) is 4.90 Å². The maximum atomic E-state index is 12.9. The molecule has 1 heterocycles. The Morgan fingerprint density at radius 2 is 1.59 bits per heavy atom. The van der Waals surface area contributed by atoms with E-state index in [2.05, 4.69) is 26.0 Å². The monoisotopic (exact) mass is 409 g/mol. The minimum Gasteiger partial charge on any atom is -0.343 e. The molecule has 4 heteroatoms. The molecule has 0 N–H and O–H groups in total. The van der Waals surface area contributed by atoms with E-state index in [4.69, 9.17) is 0 Å². The number of fused-ring (bicyclic) bond motifs is 2. The largest absolute Gasteiger partial charge is 0.343 e. The molecule has 1 amide bonds. The normalized spacial score (nSPS) is 11.2. The fourth-order valence-corrected chi connectivity index (χ4v) is 4.72. The molecule has 3 aromatic rings. The highest BCUT2D eigenvalue weighted by Gasteiger charge is 2.12. The Balaban J connectivity index is 1.67. The second-order valence-corrected chi connectivity index (χ2v) is 8.78. The molecule has 0 saturated carbocycles. The van der Waals surface area contributed by atoms with Crippen LogP contribution in [0.2, 0.25) is 0 Å². The summed E-state index contributed by atoms with van der Waals surface area (Å²) in [5.74, 6) is 0.269. The number of nitrogens with zero attached hydrogens (tertiary/aromatic N) is 1. The van der Waals surface area contributed by atoms with Gasteiger partial charge in [0.05, 0.1) is 0 Å². The van der Waals surface area contributed by atoms with E-state index in [1.165, 1.54) is 0 Å². The molecule has 3 rings (SSSR count). The molecule has 0 radical (unpaired) electrons. The van der Waals surface area contributed by atoms with Gasteiger partial charge in [-0.3, -0.25) is 9.59 Å². The highest BCUT2D eigenvalue weighted by atomic mass is 32.1. The van der Waals surface area contributed by atoms with Crippen LogP contribution in [-0.4, -0.2) is 23.9 Å². The molecule has 0 aliphatic carbocycles. The lowest BCUT2D eigenvalue weighted by Crippen LogP contribution is -2.32. The number of aryl methyl sites for hydroxylation is 1. The standard InChI is InChI=1S/C25H31NO2S/c1-3-5-16-26(17-6-4-2)24(27)13-9-10-19-14-15-23-21(18-19)25(28)20-11-7-8-12-22(20)29-23/h7-8,11-12,14-15,18H,3-6,9-10,13,16-17H2,1-2H3. The van der Waals surface area contributed by atoms with Gasteiger partial charge in [0.15, 0.2) is 5.43 Å². The van der Waals surface area contributed by atoms with Gasteiger partial charge in [-0.1, -0.05) is 44.9 Å². The molecule has 0 atom stereocenters. The van der Waals surface area contributed by atoms with Gasteiger partial charge < -0.3 is 4.90 Å². The van der Waals surface area contributed by atoms with Crippen LogP contribution in [-0.2, 0) is 11.2 Å². The van der Waals surface area contributed by atoms with Crippen molar-refractivity contribution in [2.45, 2.75) is 58.8 Å². The average molecular weight is 410 g/mol. The molecule has 0 spiro atoms. The first-order valence-electron chi connectivity index (χ1n) is 10.9. The van der Waals surface area contributed by atoms with Crippen LogP contribution in [0.25, 0.3) is 20.2 Å². The highest BCUT2D eigenvalue weighted by Crippen LogP contribution is 2.25. The van der Waals surface area contributed by atoms with Crippen LogP contribution in [0.3, 0.4) is 0 Å². The van der Waals surface area contributed by atoms with Crippen molar-refractivity contribution in [1.29, 1.82) is 0 Å². The molecule has 29 heavy (non-hydrogen) atoms. The average Bonchev–Trinajstić information content (AvgIpc) is 2.74. The predicted molar refractivity (Wildman–Crippen MR) is 125 cm³/mol. The Bertz CT molecular complexity index is 1020. The molecule has 0 unspecified atom stereocenters. The maximum absolute atomic E-state index is 12.9. The van der Waals surface area contributed by atoms with Crippen molar-refractivity contribution in [3.63, 3.8) is 0 Å². The number of rotatable bonds is 10. The van der Waals surface area contributed by atoms with E-state index in [1.807, 2.05) is 35.2 Å². The lowest BCUT2D eigenvalue weighted by Gasteiger charge is -2.22. The lowest BCUT2D eigenvalue weighted by molar-refractivity contribution is -0.131. The van der Waals surface area contributed by atoms with Crippen LogP contribution >= 0.6 is 11.3 Å². The Kier molecular flexibility index (Phi) is 7.82. The van der Waals surface area contributed by atoms with E-state index in [-0.39, 0.29) is 11.3 Å². The van der Waals surface area contributed by atoms with Crippen LogP contribution in [0, 0.1) is 0 Å². The third kappa shape index (κ3) is 5.45. The first-order valence-corrected chi connectivity index (χ1v) is 11.7. The quantitative estimate of drug-likeness (QED) is 0.376. The van der Waals surface area contributed by atoms with Gasteiger partial charge in [0, 0.05) is 39.7 Å². The number of hydrogen-bond donors (Lipinski definition) is 0. The highest BCUT2D eigenvalue weighted by molar-refractivity contribution is 7.24. The number of carbonyl (C=O) groups is 1. The van der Waals surface area contributed by atoms with E-state index in [0.717, 1.165) is 77.4 Å². The van der Waals surface area contributed by atoms with Gasteiger partial charge in [0.25, 0.3) is 0 Å². The van der Waals surface area contributed by atoms with Gasteiger partial charge in [-0.2, -0.15) is 0 Å². The van der Waals surface area contributed by atoms with Crippen LogP contribution < -0.4 is 5.43 Å². The second kappa shape index (κ2) is 10.5. The lowest BCUT2D eigenvalue weighted by atomic mass is 10.0. The van der Waals surface area contributed by atoms with Gasteiger partial charge in [-0.05, 0) is 55.5 Å². The molecule has 0 bridgehead atoms. The molecule has 2 aromatic carbocycles. The van der Waals surface area contributed by atoms with E-state index in [1.54, 1.807) is 11.3 Å². The fourth-order valence-electron chi connectivity index (χ4n) is 3.67. The SMILES string of the molecule is CCCCN(CCCC)C(=O)CCCc1ccc2sc3ccccc3c(=O)c2c1. The minimum absolute atomic E-state index is 0.109. The third-order valence-electron chi connectivity index (χ3n) is 5.41. The molecule has 0 saturated heterocycles. The summed E-state index contributed by atoms with van der Waals surface area (Å²) in [5.41, 5.74) is 1.25. The Morgan fingerprint density at radius 3 is 2.31 bits per heavy atom. The second-order valence-electron chi connectivity index (χ2n) is 7.70. The summed E-state index contributed by atoms with van der Waals surface area (Å²) in [6.07, 6.45) is 6.60. The summed E-state index contributed by atoms with van der Waals surface area (Å²) in [4.78, 5) is 27.5. The molecular formula is C25H31NO2S. The Hall–Kier alpha value is -2.20. The number of unbranched alkanes of at least 4 members (excludes halogenated alkanes) is 2. The van der Waals surface area contributed by atoms with Crippen LogP contribution in [0.5, 0.6) is 0 Å². The summed E-state index contributed by atoms with van der Waals surface area (Å²) in [6, 6.07) is 14.0. The van der Waals surface area contributed by atoms with Crippen molar-refractivity contribution in [3.8, 4) is 0 Å². The molecule has 0 fully saturated rings. The number of carbonyl (C=O) groups excluding carboxylic acids is 1. The van der Waals surface area contributed by atoms with Gasteiger partial charge in [0.2, 0.25) is 5.91 Å². The van der Waals surface area contributed by atoms with Crippen LogP contribution in [0.4, 0.5) is 0 Å². The zero-order valence-corrected chi connectivity index (χ0v) is 18.4. The van der Waals surface area contributed by atoms with Crippen molar-refractivity contribution >= 4 is 37.4 Å². The predicted octanol–water partition coefficient (Wildman–Crippen LogP) is 6.17. The summed E-state index contributed by atoms with van der Waals surface area (Å²) < 4.78 is 2.06. The summed E-state index contributed by atoms with van der Waals surface area (Å²) in [6.45, 7) is 6.08. The van der Waals surface area contributed by atoms with Crippen molar-refractivity contribution in [2.24, 2.45) is 0 Å². The minimum atomic E-state index is 0.109. The van der Waals surface area contributed by atoms with Gasteiger partial charge in [-0.15, -0.1) is 11.3 Å².